The average molecular weight is 263 g/mol. The first-order valence-electron chi connectivity index (χ1n) is 4.16. The fourth-order valence-electron chi connectivity index (χ4n) is 1.14. The quantitative estimate of drug-likeness (QED) is 0.846. The number of rotatable bonds is 4. The SMILES string of the molecule is CCCC(C(=O)O)n1nc(N)nc1Br. The van der Waals surface area contributed by atoms with Crippen molar-refractivity contribution in [2.24, 2.45) is 0 Å². The summed E-state index contributed by atoms with van der Waals surface area (Å²) in [6, 6.07) is -0.709. The van der Waals surface area contributed by atoms with Gasteiger partial charge in [0.25, 0.3) is 0 Å². The van der Waals surface area contributed by atoms with Crippen LogP contribution in [0.2, 0.25) is 0 Å². The number of anilines is 1. The molecule has 0 bridgehead atoms. The summed E-state index contributed by atoms with van der Waals surface area (Å²) in [5.74, 6) is -0.864. The van der Waals surface area contributed by atoms with E-state index in [1.165, 1.54) is 4.68 Å². The molecule has 0 amide bonds. The average Bonchev–Trinajstić information content (AvgIpc) is 2.40. The second-order valence-corrected chi connectivity index (χ2v) is 3.54. The summed E-state index contributed by atoms with van der Waals surface area (Å²) in [5, 5.41) is 12.7. The van der Waals surface area contributed by atoms with Gasteiger partial charge in [-0.15, -0.1) is 5.10 Å². The van der Waals surface area contributed by atoms with Gasteiger partial charge in [0.15, 0.2) is 10.8 Å². The highest BCUT2D eigenvalue weighted by molar-refractivity contribution is 9.10. The Labute approximate surface area is 89.2 Å². The molecule has 0 aliphatic carbocycles. The van der Waals surface area contributed by atoms with Gasteiger partial charge in [-0.2, -0.15) is 4.98 Å². The molecule has 7 heteroatoms. The van der Waals surface area contributed by atoms with Crippen molar-refractivity contribution in [3.8, 4) is 0 Å². The molecule has 3 N–H and O–H groups in total. The predicted octanol–water partition coefficient (Wildman–Crippen LogP) is 1.05. The van der Waals surface area contributed by atoms with E-state index in [0.717, 1.165) is 6.42 Å². The molecule has 0 aliphatic rings. The molecule has 0 fully saturated rings. The van der Waals surface area contributed by atoms with Crippen molar-refractivity contribution in [1.82, 2.24) is 14.8 Å². The summed E-state index contributed by atoms with van der Waals surface area (Å²) < 4.78 is 1.62. The number of nitrogen functional groups attached to an aromatic ring is 1. The van der Waals surface area contributed by atoms with E-state index in [9.17, 15) is 4.79 Å². The van der Waals surface area contributed by atoms with E-state index >= 15 is 0 Å². The van der Waals surface area contributed by atoms with Crippen molar-refractivity contribution in [3.05, 3.63) is 4.73 Å². The molecule has 1 rings (SSSR count). The molecular formula is C7H11BrN4O2. The van der Waals surface area contributed by atoms with Crippen LogP contribution in [0.5, 0.6) is 0 Å². The van der Waals surface area contributed by atoms with E-state index in [2.05, 4.69) is 26.0 Å². The summed E-state index contributed by atoms with van der Waals surface area (Å²) in [6.07, 6.45) is 1.25. The Morgan fingerprint density at radius 3 is 2.79 bits per heavy atom. The van der Waals surface area contributed by atoms with Gasteiger partial charge in [-0.05, 0) is 22.4 Å². The minimum atomic E-state index is -0.933. The van der Waals surface area contributed by atoms with Crippen LogP contribution in [0.4, 0.5) is 5.95 Å². The molecule has 1 aromatic rings. The lowest BCUT2D eigenvalue weighted by molar-refractivity contribution is -0.141. The number of hydrogen-bond acceptors (Lipinski definition) is 4. The minimum Gasteiger partial charge on any atom is -0.480 e. The van der Waals surface area contributed by atoms with Gasteiger partial charge >= 0.3 is 5.97 Å². The molecule has 1 aromatic heterocycles. The molecule has 0 radical (unpaired) electrons. The second kappa shape index (κ2) is 4.41. The number of carboxylic acid groups (broad SMARTS) is 1. The van der Waals surface area contributed by atoms with Crippen molar-refractivity contribution < 1.29 is 9.90 Å². The fourth-order valence-corrected chi connectivity index (χ4v) is 1.65. The van der Waals surface area contributed by atoms with Crippen LogP contribution in [-0.4, -0.2) is 25.8 Å². The van der Waals surface area contributed by atoms with Crippen LogP contribution >= 0.6 is 15.9 Å². The number of aliphatic carboxylic acids is 1. The maximum Gasteiger partial charge on any atom is 0.328 e. The summed E-state index contributed by atoms with van der Waals surface area (Å²) >= 11 is 3.10. The highest BCUT2D eigenvalue weighted by Gasteiger charge is 2.22. The van der Waals surface area contributed by atoms with E-state index in [-0.39, 0.29) is 5.95 Å². The third-order valence-corrected chi connectivity index (χ3v) is 2.29. The van der Waals surface area contributed by atoms with Crippen molar-refractivity contribution in [2.75, 3.05) is 5.73 Å². The van der Waals surface area contributed by atoms with Crippen molar-refractivity contribution in [3.63, 3.8) is 0 Å². The van der Waals surface area contributed by atoms with Crippen molar-refractivity contribution in [2.45, 2.75) is 25.8 Å². The smallest absolute Gasteiger partial charge is 0.328 e. The zero-order valence-corrected chi connectivity index (χ0v) is 9.23. The van der Waals surface area contributed by atoms with Gasteiger partial charge in [-0.25, -0.2) is 9.48 Å². The Morgan fingerprint density at radius 2 is 2.43 bits per heavy atom. The van der Waals surface area contributed by atoms with Crippen LogP contribution in [0.15, 0.2) is 4.73 Å². The highest BCUT2D eigenvalue weighted by atomic mass is 79.9. The molecule has 78 valence electrons. The van der Waals surface area contributed by atoms with Gasteiger partial charge in [0.05, 0.1) is 0 Å². The summed E-state index contributed by atoms with van der Waals surface area (Å²) in [6.45, 7) is 1.91. The molecule has 1 heterocycles. The first-order valence-corrected chi connectivity index (χ1v) is 4.96. The lowest BCUT2D eigenvalue weighted by atomic mass is 10.2. The molecule has 6 nitrogen and oxygen atoms in total. The van der Waals surface area contributed by atoms with Crippen LogP contribution < -0.4 is 5.73 Å². The van der Waals surface area contributed by atoms with Gasteiger partial charge < -0.3 is 10.8 Å². The molecule has 0 aromatic carbocycles. The van der Waals surface area contributed by atoms with Crippen LogP contribution in [0, 0.1) is 0 Å². The van der Waals surface area contributed by atoms with Gasteiger partial charge in [-0.1, -0.05) is 13.3 Å². The van der Waals surface area contributed by atoms with Gasteiger partial charge in [0, 0.05) is 0 Å². The number of nitrogens with zero attached hydrogens (tertiary/aromatic N) is 3. The zero-order valence-electron chi connectivity index (χ0n) is 7.64. The third-order valence-electron chi connectivity index (χ3n) is 1.75. The predicted molar refractivity (Wildman–Crippen MR) is 53.7 cm³/mol. The van der Waals surface area contributed by atoms with E-state index < -0.39 is 12.0 Å². The van der Waals surface area contributed by atoms with E-state index in [4.69, 9.17) is 10.8 Å². The molecule has 1 atom stereocenters. The number of carbonyl (C=O) groups is 1. The Hall–Kier alpha value is -1.11. The molecule has 14 heavy (non-hydrogen) atoms. The minimum absolute atomic E-state index is 0.0687. The number of nitrogens with two attached hydrogens (primary N) is 1. The monoisotopic (exact) mass is 262 g/mol. The van der Waals surface area contributed by atoms with Crippen LogP contribution in [0.3, 0.4) is 0 Å². The molecule has 0 saturated heterocycles. The Balaban J connectivity index is 2.98. The first kappa shape index (κ1) is 11.0. The Kier molecular flexibility index (Phi) is 3.45. The summed E-state index contributed by atoms with van der Waals surface area (Å²) in [5.41, 5.74) is 5.35. The Morgan fingerprint density at radius 1 is 1.79 bits per heavy atom. The normalized spacial score (nSPS) is 12.7. The molecule has 0 aliphatic heterocycles. The third kappa shape index (κ3) is 2.22. The van der Waals surface area contributed by atoms with Gasteiger partial charge in [-0.3, -0.25) is 0 Å². The molecule has 1 unspecified atom stereocenters. The van der Waals surface area contributed by atoms with Gasteiger partial charge in [0.2, 0.25) is 5.95 Å². The van der Waals surface area contributed by atoms with E-state index in [0.29, 0.717) is 11.2 Å². The highest BCUT2D eigenvalue weighted by Crippen LogP contribution is 2.19. The van der Waals surface area contributed by atoms with Crippen LogP contribution in [0.1, 0.15) is 25.8 Å². The topological polar surface area (TPSA) is 94.0 Å². The lowest BCUT2D eigenvalue weighted by Crippen LogP contribution is -2.20. The maximum absolute atomic E-state index is 10.9. The van der Waals surface area contributed by atoms with Crippen LogP contribution in [-0.2, 0) is 4.79 Å². The van der Waals surface area contributed by atoms with E-state index in [1.54, 1.807) is 0 Å². The van der Waals surface area contributed by atoms with Crippen molar-refractivity contribution in [1.29, 1.82) is 0 Å². The number of carboxylic acids is 1. The Bertz CT molecular complexity index is 338. The van der Waals surface area contributed by atoms with Gasteiger partial charge in [0.1, 0.15) is 0 Å². The molecule has 0 saturated carbocycles. The van der Waals surface area contributed by atoms with Crippen molar-refractivity contribution >= 4 is 27.8 Å². The summed E-state index contributed by atoms with van der Waals surface area (Å²) in [7, 11) is 0. The van der Waals surface area contributed by atoms with Crippen LogP contribution in [0.25, 0.3) is 0 Å². The maximum atomic E-state index is 10.9. The zero-order chi connectivity index (χ0) is 10.7. The second-order valence-electron chi connectivity index (χ2n) is 2.83. The standard InChI is InChI=1S/C7H11BrN4O2/c1-2-3-4(5(13)14)12-6(8)10-7(9)11-12/h4H,2-3H2,1H3,(H2,9,11)(H,13,14). The number of aromatic nitrogens is 3. The molecular weight excluding hydrogens is 252 g/mol. The number of hydrogen-bond donors (Lipinski definition) is 2. The fraction of sp³-hybridized carbons (Fsp3) is 0.571. The molecule has 0 spiro atoms. The first-order chi connectivity index (χ1) is 6.56. The lowest BCUT2D eigenvalue weighted by Gasteiger charge is -2.11. The van der Waals surface area contributed by atoms with E-state index in [1.807, 2.05) is 6.92 Å². The largest absolute Gasteiger partial charge is 0.480 e. The summed E-state index contributed by atoms with van der Waals surface area (Å²) in [4.78, 5) is 14.7. The number of halogens is 1.